The minimum absolute atomic E-state index is 0.0554. The Morgan fingerprint density at radius 2 is 2.45 bits per heavy atom. The highest BCUT2D eigenvalue weighted by molar-refractivity contribution is 5.85. The Balaban J connectivity index is 2.45. The fourth-order valence-corrected chi connectivity index (χ4v) is 1.08. The van der Waals surface area contributed by atoms with Crippen molar-refractivity contribution in [2.75, 3.05) is 19.6 Å². The zero-order chi connectivity index (χ0) is 8.27. The van der Waals surface area contributed by atoms with Gasteiger partial charge in [0, 0.05) is 19.5 Å². The van der Waals surface area contributed by atoms with Gasteiger partial charge in [-0.25, -0.2) is 0 Å². The van der Waals surface area contributed by atoms with Gasteiger partial charge in [0.15, 0.2) is 0 Å². The maximum Gasteiger partial charge on any atom is 0.239 e. The molecule has 4 heteroatoms. The zero-order valence-electron chi connectivity index (χ0n) is 6.59. The van der Waals surface area contributed by atoms with E-state index in [4.69, 9.17) is 0 Å². The third kappa shape index (κ3) is 1.93. The SMILES string of the molecule is CCC(=O)N1CCNC(=O)C1. The van der Waals surface area contributed by atoms with Crippen molar-refractivity contribution in [3.8, 4) is 0 Å². The normalized spacial score (nSPS) is 17.9. The first-order valence-electron chi connectivity index (χ1n) is 3.78. The van der Waals surface area contributed by atoms with Crippen LogP contribution in [0.1, 0.15) is 13.3 Å². The summed E-state index contributed by atoms with van der Waals surface area (Å²) in [6.45, 7) is 3.27. The fourth-order valence-electron chi connectivity index (χ4n) is 1.08. The van der Waals surface area contributed by atoms with Crippen LogP contribution in [0.3, 0.4) is 0 Å². The van der Waals surface area contributed by atoms with E-state index in [1.807, 2.05) is 0 Å². The second-order valence-electron chi connectivity index (χ2n) is 2.52. The Morgan fingerprint density at radius 1 is 1.73 bits per heavy atom. The Bertz CT molecular complexity index is 179. The van der Waals surface area contributed by atoms with Crippen LogP contribution in [0, 0.1) is 0 Å². The summed E-state index contributed by atoms with van der Waals surface area (Å²) in [4.78, 5) is 23.4. The lowest BCUT2D eigenvalue weighted by molar-refractivity contribution is -0.137. The van der Waals surface area contributed by atoms with Crippen LogP contribution in [0.25, 0.3) is 0 Å². The molecule has 1 fully saturated rings. The molecule has 4 nitrogen and oxygen atoms in total. The van der Waals surface area contributed by atoms with Crippen molar-refractivity contribution in [2.24, 2.45) is 0 Å². The summed E-state index contributed by atoms with van der Waals surface area (Å²) in [6.07, 6.45) is 0.479. The topological polar surface area (TPSA) is 49.4 Å². The minimum atomic E-state index is -0.0574. The van der Waals surface area contributed by atoms with Gasteiger partial charge in [-0.2, -0.15) is 0 Å². The third-order valence-corrected chi connectivity index (χ3v) is 1.69. The molecule has 1 aliphatic rings. The van der Waals surface area contributed by atoms with E-state index in [0.717, 1.165) is 0 Å². The first-order chi connectivity index (χ1) is 5.24. The van der Waals surface area contributed by atoms with E-state index in [-0.39, 0.29) is 18.4 Å². The monoisotopic (exact) mass is 156 g/mol. The van der Waals surface area contributed by atoms with E-state index in [1.54, 1.807) is 11.8 Å². The van der Waals surface area contributed by atoms with E-state index >= 15 is 0 Å². The highest BCUT2D eigenvalue weighted by atomic mass is 16.2. The van der Waals surface area contributed by atoms with E-state index < -0.39 is 0 Å². The molecular weight excluding hydrogens is 144 g/mol. The van der Waals surface area contributed by atoms with Crippen molar-refractivity contribution in [1.82, 2.24) is 10.2 Å². The maximum atomic E-state index is 11.1. The molecule has 0 aliphatic carbocycles. The van der Waals surface area contributed by atoms with Crippen LogP contribution in [0.2, 0.25) is 0 Å². The number of nitrogens with zero attached hydrogens (tertiary/aromatic N) is 1. The summed E-state index contributed by atoms with van der Waals surface area (Å²) in [5.41, 5.74) is 0. The molecule has 1 aliphatic heterocycles. The van der Waals surface area contributed by atoms with Crippen molar-refractivity contribution >= 4 is 11.8 Å². The minimum Gasteiger partial charge on any atom is -0.353 e. The molecule has 1 heterocycles. The van der Waals surface area contributed by atoms with Crippen molar-refractivity contribution in [2.45, 2.75) is 13.3 Å². The van der Waals surface area contributed by atoms with Crippen LogP contribution in [0.15, 0.2) is 0 Å². The predicted molar refractivity (Wildman–Crippen MR) is 39.9 cm³/mol. The first-order valence-corrected chi connectivity index (χ1v) is 3.78. The van der Waals surface area contributed by atoms with Gasteiger partial charge in [0.1, 0.15) is 0 Å². The van der Waals surface area contributed by atoms with Crippen molar-refractivity contribution in [1.29, 1.82) is 0 Å². The van der Waals surface area contributed by atoms with Gasteiger partial charge in [-0.15, -0.1) is 0 Å². The molecule has 11 heavy (non-hydrogen) atoms. The molecule has 2 amide bonds. The van der Waals surface area contributed by atoms with Gasteiger partial charge in [-0.1, -0.05) is 6.92 Å². The summed E-state index contributed by atoms with van der Waals surface area (Å²) >= 11 is 0. The Morgan fingerprint density at radius 3 is 3.00 bits per heavy atom. The summed E-state index contributed by atoms with van der Waals surface area (Å²) < 4.78 is 0. The molecule has 0 unspecified atom stereocenters. The number of nitrogens with one attached hydrogen (secondary N) is 1. The van der Waals surface area contributed by atoms with E-state index in [1.165, 1.54) is 0 Å². The molecule has 0 spiro atoms. The van der Waals surface area contributed by atoms with Crippen LogP contribution in [0.5, 0.6) is 0 Å². The molecule has 0 aromatic carbocycles. The quantitative estimate of drug-likeness (QED) is 0.548. The van der Waals surface area contributed by atoms with Gasteiger partial charge in [0.05, 0.1) is 6.54 Å². The Kier molecular flexibility index (Phi) is 2.46. The molecular formula is C7H12N2O2. The molecule has 0 atom stereocenters. The largest absolute Gasteiger partial charge is 0.353 e. The first kappa shape index (κ1) is 8.04. The van der Waals surface area contributed by atoms with Crippen LogP contribution in [-0.4, -0.2) is 36.3 Å². The average molecular weight is 156 g/mol. The molecule has 1 rings (SSSR count). The van der Waals surface area contributed by atoms with Crippen LogP contribution in [0.4, 0.5) is 0 Å². The van der Waals surface area contributed by atoms with Gasteiger partial charge in [-0.3, -0.25) is 9.59 Å². The number of carbonyl (C=O) groups is 2. The van der Waals surface area contributed by atoms with Crippen molar-refractivity contribution < 1.29 is 9.59 Å². The smallest absolute Gasteiger partial charge is 0.239 e. The highest BCUT2D eigenvalue weighted by Gasteiger charge is 2.18. The van der Waals surface area contributed by atoms with E-state index in [9.17, 15) is 9.59 Å². The Hall–Kier alpha value is -1.06. The molecule has 0 radical (unpaired) electrons. The second kappa shape index (κ2) is 3.37. The van der Waals surface area contributed by atoms with Gasteiger partial charge < -0.3 is 10.2 Å². The maximum absolute atomic E-state index is 11.1. The predicted octanol–water partition coefficient (Wildman–Crippen LogP) is -0.645. The van der Waals surface area contributed by atoms with E-state index in [2.05, 4.69) is 5.32 Å². The second-order valence-corrected chi connectivity index (χ2v) is 2.52. The van der Waals surface area contributed by atoms with Gasteiger partial charge in [0.2, 0.25) is 11.8 Å². The fraction of sp³-hybridized carbons (Fsp3) is 0.714. The van der Waals surface area contributed by atoms with Gasteiger partial charge in [-0.05, 0) is 0 Å². The number of hydrogen-bond donors (Lipinski definition) is 1. The molecule has 1 N–H and O–H groups in total. The van der Waals surface area contributed by atoms with Crippen LogP contribution < -0.4 is 5.32 Å². The zero-order valence-corrected chi connectivity index (χ0v) is 6.59. The lowest BCUT2D eigenvalue weighted by atomic mass is 10.3. The van der Waals surface area contributed by atoms with Crippen molar-refractivity contribution in [3.05, 3.63) is 0 Å². The lowest BCUT2D eigenvalue weighted by Gasteiger charge is -2.26. The number of piperazine rings is 1. The number of hydrogen-bond acceptors (Lipinski definition) is 2. The molecule has 62 valence electrons. The highest BCUT2D eigenvalue weighted by Crippen LogP contribution is 1.96. The van der Waals surface area contributed by atoms with Crippen molar-refractivity contribution in [3.63, 3.8) is 0 Å². The Labute approximate surface area is 65.6 Å². The van der Waals surface area contributed by atoms with Gasteiger partial charge >= 0.3 is 0 Å². The lowest BCUT2D eigenvalue weighted by Crippen LogP contribution is -2.49. The molecule has 1 saturated heterocycles. The third-order valence-electron chi connectivity index (χ3n) is 1.69. The summed E-state index contributed by atoms with van der Waals surface area (Å²) in [5.74, 6) is -0.00194. The number of amides is 2. The molecule has 0 aromatic rings. The summed E-state index contributed by atoms with van der Waals surface area (Å²) in [7, 11) is 0. The molecule has 0 aromatic heterocycles. The number of rotatable bonds is 1. The van der Waals surface area contributed by atoms with Crippen LogP contribution >= 0.6 is 0 Å². The number of carbonyl (C=O) groups excluding carboxylic acids is 2. The summed E-state index contributed by atoms with van der Waals surface area (Å²) in [6, 6.07) is 0. The summed E-state index contributed by atoms with van der Waals surface area (Å²) in [5, 5.41) is 2.66. The van der Waals surface area contributed by atoms with Crippen LogP contribution in [-0.2, 0) is 9.59 Å². The molecule has 0 bridgehead atoms. The standard InChI is InChI=1S/C7H12N2O2/c1-2-7(11)9-4-3-8-6(10)5-9/h2-5H2,1H3,(H,8,10). The molecule has 0 saturated carbocycles. The average Bonchev–Trinajstić information content (AvgIpc) is 2.03. The van der Waals surface area contributed by atoms with E-state index in [0.29, 0.717) is 19.5 Å². The van der Waals surface area contributed by atoms with Gasteiger partial charge in [0.25, 0.3) is 0 Å².